The van der Waals surface area contributed by atoms with E-state index in [0.717, 1.165) is 5.56 Å². The van der Waals surface area contributed by atoms with Crippen molar-refractivity contribution in [2.75, 3.05) is 0 Å². The zero-order chi connectivity index (χ0) is 8.59. The van der Waals surface area contributed by atoms with E-state index >= 15 is 0 Å². The lowest BCUT2D eigenvalue weighted by molar-refractivity contribution is 1.39. The van der Waals surface area contributed by atoms with Crippen LogP contribution < -0.4 is 0 Å². The Balaban J connectivity index is 3.46. The first-order chi connectivity index (χ1) is 5.04. The second-order valence-corrected chi connectivity index (χ2v) is 1.85. The Morgan fingerprint density at radius 1 is 1.38 bits per heavy atom. The van der Waals surface area contributed by atoms with Crippen molar-refractivity contribution in [1.82, 2.24) is 0 Å². The fraction of sp³-hybridized carbons (Fsp3) is 0.250. The highest BCUT2D eigenvalue weighted by atomic mass is 13.9. The standard InChI is InChI=1S/C8H10/c1-7-4-3-5-8(2)6-7/h3-6H,1-2H3/i3D,4D,6D. The van der Waals surface area contributed by atoms with E-state index in [0.29, 0.717) is 11.6 Å². The Morgan fingerprint density at radius 2 is 2.12 bits per heavy atom. The summed E-state index contributed by atoms with van der Waals surface area (Å²) in [6, 6.07) is 2.31. The maximum absolute atomic E-state index is 7.48. The number of rotatable bonds is 0. The molecule has 0 saturated carbocycles. The molecule has 0 atom stereocenters. The van der Waals surface area contributed by atoms with E-state index in [1.165, 1.54) is 0 Å². The van der Waals surface area contributed by atoms with Crippen LogP contribution in [0.15, 0.2) is 24.2 Å². The highest BCUT2D eigenvalue weighted by Crippen LogP contribution is 2.00. The van der Waals surface area contributed by atoms with Crippen LogP contribution in [0.4, 0.5) is 0 Å². The van der Waals surface area contributed by atoms with Crippen LogP contribution in [0.25, 0.3) is 0 Å². The van der Waals surface area contributed by atoms with Crippen LogP contribution in [0.3, 0.4) is 0 Å². The molecule has 0 bridgehead atoms. The predicted octanol–water partition coefficient (Wildman–Crippen LogP) is 2.30. The average molecular weight is 109 g/mol. The molecule has 0 spiro atoms. The third-order valence-corrected chi connectivity index (χ3v) is 0.933. The molecule has 0 saturated heterocycles. The van der Waals surface area contributed by atoms with Crippen molar-refractivity contribution < 1.29 is 4.11 Å². The van der Waals surface area contributed by atoms with Gasteiger partial charge < -0.3 is 0 Å². The predicted molar refractivity (Wildman–Crippen MR) is 35.9 cm³/mol. The van der Waals surface area contributed by atoms with Crippen LogP contribution in [0, 0.1) is 13.8 Å². The van der Waals surface area contributed by atoms with Crippen LogP contribution in [0.1, 0.15) is 15.2 Å². The molecule has 42 valence electrons. The van der Waals surface area contributed by atoms with Gasteiger partial charge in [-0.3, -0.25) is 0 Å². The quantitative estimate of drug-likeness (QED) is 0.479. The van der Waals surface area contributed by atoms with Crippen LogP contribution >= 0.6 is 0 Å². The minimum Gasteiger partial charge on any atom is -0.0617 e. The van der Waals surface area contributed by atoms with E-state index < -0.39 is 0 Å². The molecule has 0 unspecified atom stereocenters. The van der Waals surface area contributed by atoms with E-state index in [-0.39, 0.29) is 12.1 Å². The lowest BCUT2D eigenvalue weighted by atomic mass is 10.2. The van der Waals surface area contributed by atoms with Gasteiger partial charge in [-0.25, -0.2) is 0 Å². The first-order valence-corrected chi connectivity index (χ1v) is 2.58. The molecule has 0 heterocycles. The van der Waals surface area contributed by atoms with Gasteiger partial charge in [0.1, 0.15) is 0 Å². The molecule has 0 aliphatic heterocycles. The van der Waals surface area contributed by atoms with Gasteiger partial charge in [0.25, 0.3) is 0 Å². The van der Waals surface area contributed by atoms with E-state index in [9.17, 15) is 0 Å². The molecule has 0 aliphatic carbocycles. The van der Waals surface area contributed by atoms with Gasteiger partial charge in [0, 0.05) is 0 Å². The molecular formula is C8H10. The summed E-state index contributed by atoms with van der Waals surface area (Å²) in [5.74, 6) is 0. The first-order valence-electron chi connectivity index (χ1n) is 4.08. The Kier molecular flexibility index (Phi) is 0.666. The fourth-order valence-electron chi connectivity index (χ4n) is 0.616. The molecule has 8 heavy (non-hydrogen) atoms. The Bertz CT molecular complexity index is 266. The average Bonchev–Trinajstić information content (AvgIpc) is 1.97. The minimum absolute atomic E-state index is 0.167. The van der Waals surface area contributed by atoms with E-state index in [2.05, 4.69) is 0 Å². The molecule has 0 radical (unpaired) electrons. The molecule has 0 aliphatic rings. The molecule has 0 amide bonds. The van der Waals surface area contributed by atoms with Gasteiger partial charge in [0.15, 0.2) is 0 Å². The molecule has 0 N–H and O–H groups in total. The summed E-state index contributed by atoms with van der Waals surface area (Å²) in [5, 5.41) is 0. The van der Waals surface area contributed by atoms with Gasteiger partial charge >= 0.3 is 0 Å². The van der Waals surface area contributed by atoms with Gasteiger partial charge in [-0.2, -0.15) is 0 Å². The maximum atomic E-state index is 7.48. The summed E-state index contributed by atoms with van der Waals surface area (Å²) in [6.45, 7) is 3.49. The smallest absolute Gasteiger partial charge is 0.0617 e. The zero-order valence-corrected chi connectivity index (χ0v) is 5.08. The van der Waals surface area contributed by atoms with Gasteiger partial charge in [-0.1, -0.05) is 35.3 Å². The number of hydrogen-bond donors (Lipinski definition) is 0. The second-order valence-electron chi connectivity index (χ2n) is 1.85. The van der Waals surface area contributed by atoms with Crippen molar-refractivity contribution in [3.63, 3.8) is 0 Å². The van der Waals surface area contributed by atoms with Crippen LogP contribution in [-0.4, -0.2) is 0 Å². The number of aryl methyl sites for hydroxylation is 1. The molecule has 0 aromatic heterocycles. The number of benzene rings is 1. The molecule has 0 heteroatoms. The van der Waals surface area contributed by atoms with Gasteiger partial charge in [-0.05, 0) is 13.8 Å². The summed E-state index contributed by atoms with van der Waals surface area (Å²) in [4.78, 5) is 0. The lowest BCUT2D eigenvalue weighted by Crippen LogP contribution is -1.71. The van der Waals surface area contributed by atoms with Crippen molar-refractivity contribution in [2.45, 2.75) is 13.8 Å². The van der Waals surface area contributed by atoms with Crippen molar-refractivity contribution in [3.05, 3.63) is 35.3 Å². The summed E-state index contributed by atoms with van der Waals surface area (Å²) in [6.07, 6.45) is 0. The summed E-state index contributed by atoms with van der Waals surface area (Å²) in [5.41, 5.74) is 1.36. The van der Waals surface area contributed by atoms with Crippen LogP contribution in [-0.2, 0) is 0 Å². The first kappa shape index (κ1) is 2.67. The molecular weight excluding hydrogens is 96.1 g/mol. The molecule has 1 aromatic carbocycles. The van der Waals surface area contributed by atoms with Crippen LogP contribution in [0.5, 0.6) is 0 Å². The van der Waals surface area contributed by atoms with E-state index in [1.807, 2.05) is 0 Å². The Morgan fingerprint density at radius 3 is 2.88 bits per heavy atom. The summed E-state index contributed by atoms with van der Waals surface area (Å²) >= 11 is 0. The fourth-order valence-corrected chi connectivity index (χ4v) is 0.616. The van der Waals surface area contributed by atoms with E-state index in [1.54, 1.807) is 19.9 Å². The Labute approximate surface area is 54.4 Å². The van der Waals surface area contributed by atoms with Crippen molar-refractivity contribution in [2.24, 2.45) is 0 Å². The van der Waals surface area contributed by atoms with E-state index in [4.69, 9.17) is 4.11 Å². The minimum atomic E-state index is 0.167. The van der Waals surface area contributed by atoms with Gasteiger partial charge in [-0.15, -0.1) is 0 Å². The molecule has 1 aromatic rings. The SMILES string of the molecule is [2H]c1cc(C)c([2H])c(C)c1[2H]. The number of hydrogen-bond acceptors (Lipinski definition) is 0. The zero-order valence-electron chi connectivity index (χ0n) is 8.08. The lowest BCUT2D eigenvalue weighted by Gasteiger charge is -1.90. The maximum Gasteiger partial charge on any atom is 0.0628 e. The highest BCUT2D eigenvalue weighted by Gasteiger charge is 1.80. The Hall–Kier alpha value is -0.780. The third kappa shape index (κ3) is 1.09. The molecule has 1 rings (SSSR count). The topological polar surface area (TPSA) is 0 Å². The normalized spacial score (nSPS) is 14.5. The highest BCUT2D eigenvalue weighted by molar-refractivity contribution is 5.20. The monoisotopic (exact) mass is 109 g/mol. The van der Waals surface area contributed by atoms with Crippen molar-refractivity contribution in [3.8, 4) is 0 Å². The largest absolute Gasteiger partial charge is 0.0628 e. The van der Waals surface area contributed by atoms with Crippen molar-refractivity contribution in [1.29, 1.82) is 0 Å². The summed E-state index contributed by atoms with van der Waals surface area (Å²) in [7, 11) is 0. The molecule has 0 nitrogen and oxygen atoms in total. The van der Waals surface area contributed by atoms with Crippen LogP contribution in [0.2, 0.25) is 0 Å². The van der Waals surface area contributed by atoms with Crippen molar-refractivity contribution >= 4 is 0 Å². The van der Waals surface area contributed by atoms with Gasteiger partial charge in [0.2, 0.25) is 0 Å². The third-order valence-electron chi connectivity index (χ3n) is 0.933. The summed E-state index contributed by atoms with van der Waals surface area (Å²) < 4.78 is 22.2. The molecule has 0 fully saturated rings. The van der Waals surface area contributed by atoms with Gasteiger partial charge in [0.05, 0.1) is 4.11 Å². The second kappa shape index (κ2) is 1.99.